The molecule has 2 N–H and O–H groups in total. The lowest BCUT2D eigenvalue weighted by Gasteiger charge is -2.30. The van der Waals surface area contributed by atoms with Gasteiger partial charge in [0.15, 0.2) is 5.96 Å². The van der Waals surface area contributed by atoms with Gasteiger partial charge in [0.05, 0.1) is 19.3 Å². The zero-order valence-corrected chi connectivity index (χ0v) is 20.3. The molecule has 0 aromatic carbocycles. The van der Waals surface area contributed by atoms with Crippen LogP contribution >= 0.6 is 24.0 Å². The summed E-state index contributed by atoms with van der Waals surface area (Å²) in [6.45, 7) is 15.1. The second kappa shape index (κ2) is 12.0. The zero-order chi connectivity index (χ0) is 19.9. The Kier molecular flexibility index (Phi) is 10.8. The number of guanidine groups is 1. The molecule has 2 atom stereocenters. The van der Waals surface area contributed by atoms with Crippen LogP contribution in [0.5, 0.6) is 0 Å². The molecule has 1 amide bonds. The zero-order valence-electron chi connectivity index (χ0n) is 18.0. The third kappa shape index (κ3) is 9.13. The van der Waals surface area contributed by atoms with Crippen molar-refractivity contribution in [2.45, 2.75) is 45.8 Å². The van der Waals surface area contributed by atoms with Crippen LogP contribution in [0.2, 0.25) is 0 Å². The van der Waals surface area contributed by atoms with Crippen LogP contribution < -0.4 is 10.6 Å². The standard InChI is InChI=1S/C19H37N5O3.HI/c1-15(13-23-8-10-26-11-9-23)12-21-17(20-5)24-7-6-16(14-24)22-18(25)27-19(2,3)4;/h15-16H,6-14H2,1-5H3,(H,20,21)(H,22,25);1H. The first kappa shape index (κ1) is 25.2. The van der Waals surface area contributed by atoms with Crippen LogP contribution in [-0.4, -0.2) is 93.0 Å². The lowest BCUT2D eigenvalue weighted by molar-refractivity contribution is 0.0320. The van der Waals surface area contributed by atoms with Crippen molar-refractivity contribution in [3.63, 3.8) is 0 Å². The summed E-state index contributed by atoms with van der Waals surface area (Å²) in [7, 11) is 1.81. The summed E-state index contributed by atoms with van der Waals surface area (Å²) in [5, 5.41) is 6.45. The summed E-state index contributed by atoms with van der Waals surface area (Å²) >= 11 is 0. The van der Waals surface area contributed by atoms with Crippen LogP contribution in [0.4, 0.5) is 4.79 Å². The highest BCUT2D eigenvalue weighted by Gasteiger charge is 2.28. The minimum Gasteiger partial charge on any atom is -0.444 e. The van der Waals surface area contributed by atoms with E-state index in [0.717, 1.165) is 64.9 Å². The number of nitrogens with one attached hydrogen (secondary N) is 2. The van der Waals surface area contributed by atoms with Crippen LogP contribution in [0.15, 0.2) is 4.99 Å². The number of hydrogen-bond donors (Lipinski definition) is 2. The number of alkyl carbamates (subject to hydrolysis) is 1. The van der Waals surface area contributed by atoms with Gasteiger partial charge in [0, 0.05) is 46.3 Å². The molecule has 0 aliphatic carbocycles. The Morgan fingerprint density at radius 2 is 1.96 bits per heavy atom. The molecule has 28 heavy (non-hydrogen) atoms. The lowest BCUT2D eigenvalue weighted by atomic mass is 10.1. The third-order valence-corrected chi connectivity index (χ3v) is 4.70. The summed E-state index contributed by atoms with van der Waals surface area (Å²) in [6, 6.07) is 0.0872. The van der Waals surface area contributed by atoms with Crippen molar-refractivity contribution in [3.05, 3.63) is 0 Å². The smallest absolute Gasteiger partial charge is 0.407 e. The van der Waals surface area contributed by atoms with Crippen LogP contribution in [0, 0.1) is 5.92 Å². The van der Waals surface area contributed by atoms with Gasteiger partial charge in [-0.3, -0.25) is 9.89 Å². The molecule has 9 heteroatoms. The molecule has 0 aromatic rings. The van der Waals surface area contributed by atoms with Crippen LogP contribution in [-0.2, 0) is 9.47 Å². The maximum absolute atomic E-state index is 12.0. The van der Waals surface area contributed by atoms with Crippen molar-refractivity contribution in [1.29, 1.82) is 0 Å². The molecule has 0 bridgehead atoms. The van der Waals surface area contributed by atoms with Crippen molar-refractivity contribution in [2.75, 3.05) is 59.5 Å². The highest BCUT2D eigenvalue weighted by atomic mass is 127. The Labute approximate surface area is 186 Å². The second-order valence-electron chi connectivity index (χ2n) is 8.52. The number of nitrogens with zero attached hydrogens (tertiary/aromatic N) is 3. The van der Waals surface area contributed by atoms with E-state index >= 15 is 0 Å². The molecular weight excluding hydrogens is 473 g/mol. The summed E-state index contributed by atoms with van der Waals surface area (Å²) in [6.07, 6.45) is 0.542. The largest absolute Gasteiger partial charge is 0.444 e. The second-order valence-corrected chi connectivity index (χ2v) is 8.52. The molecule has 0 radical (unpaired) electrons. The van der Waals surface area contributed by atoms with Crippen LogP contribution in [0.25, 0.3) is 0 Å². The predicted molar refractivity (Wildman–Crippen MR) is 123 cm³/mol. The van der Waals surface area contributed by atoms with Gasteiger partial charge in [-0.25, -0.2) is 4.79 Å². The van der Waals surface area contributed by atoms with E-state index in [9.17, 15) is 4.79 Å². The topological polar surface area (TPSA) is 78.4 Å². The molecule has 0 aromatic heterocycles. The Hall–Kier alpha value is -0.810. The fourth-order valence-electron chi connectivity index (χ4n) is 3.43. The molecule has 2 heterocycles. The molecule has 2 fully saturated rings. The molecule has 2 saturated heterocycles. The fourth-order valence-corrected chi connectivity index (χ4v) is 3.43. The summed E-state index contributed by atoms with van der Waals surface area (Å²) in [5.74, 6) is 1.43. The first-order valence-electron chi connectivity index (χ1n) is 10.0. The number of hydrogen-bond acceptors (Lipinski definition) is 5. The minimum absolute atomic E-state index is 0. The van der Waals surface area contributed by atoms with Gasteiger partial charge < -0.3 is 25.0 Å². The fraction of sp³-hybridized carbons (Fsp3) is 0.895. The molecule has 164 valence electrons. The molecule has 0 spiro atoms. The molecule has 8 nitrogen and oxygen atoms in total. The van der Waals surface area contributed by atoms with Crippen LogP contribution in [0.3, 0.4) is 0 Å². The van der Waals surface area contributed by atoms with Gasteiger partial charge in [-0.05, 0) is 33.1 Å². The molecule has 2 aliphatic heterocycles. The Morgan fingerprint density at radius 1 is 1.29 bits per heavy atom. The molecule has 2 rings (SSSR count). The number of carbonyl (C=O) groups is 1. The minimum atomic E-state index is -0.476. The van der Waals surface area contributed by atoms with Gasteiger partial charge >= 0.3 is 6.09 Å². The van der Waals surface area contributed by atoms with Crippen molar-refractivity contribution in [1.82, 2.24) is 20.4 Å². The molecule has 2 aliphatic rings. The number of likely N-dealkylation sites (tertiary alicyclic amines) is 1. The Morgan fingerprint density at radius 3 is 2.57 bits per heavy atom. The number of rotatable bonds is 5. The van der Waals surface area contributed by atoms with E-state index in [1.165, 1.54) is 0 Å². The quantitative estimate of drug-likeness (QED) is 0.333. The van der Waals surface area contributed by atoms with Gasteiger partial charge in [-0.2, -0.15) is 0 Å². The van der Waals surface area contributed by atoms with Gasteiger partial charge in [0.2, 0.25) is 0 Å². The number of aliphatic imine (C=N–C) groups is 1. The normalized spacial score (nSPS) is 22.4. The van der Waals surface area contributed by atoms with E-state index in [-0.39, 0.29) is 36.1 Å². The van der Waals surface area contributed by atoms with Crippen molar-refractivity contribution < 1.29 is 14.3 Å². The average molecular weight is 511 g/mol. The summed E-state index contributed by atoms with van der Waals surface area (Å²) in [4.78, 5) is 21.0. The highest BCUT2D eigenvalue weighted by Crippen LogP contribution is 2.12. The number of halogens is 1. The van der Waals surface area contributed by atoms with E-state index in [4.69, 9.17) is 9.47 Å². The van der Waals surface area contributed by atoms with E-state index in [1.54, 1.807) is 0 Å². The van der Waals surface area contributed by atoms with E-state index in [0.29, 0.717) is 5.92 Å². The van der Waals surface area contributed by atoms with Crippen molar-refractivity contribution in [3.8, 4) is 0 Å². The molecular formula is C19H38IN5O3. The predicted octanol–water partition coefficient (Wildman–Crippen LogP) is 1.75. The molecule has 2 unspecified atom stereocenters. The first-order chi connectivity index (χ1) is 12.8. The lowest BCUT2D eigenvalue weighted by Crippen LogP contribution is -2.46. The van der Waals surface area contributed by atoms with Gasteiger partial charge in [0.25, 0.3) is 0 Å². The Bertz CT molecular complexity index is 506. The van der Waals surface area contributed by atoms with Crippen LogP contribution in [0.1, 0.15) is 34.1 Å². The maximum atomic E-state index is 12.0. The van der Waals surface area contributed by atoms with Gasteiger partial charge in [0.1, 0.15) is 5.60 Å². The van der Waals surface area contributed by atoms with E-state index in [1.807, 2.05) is 27.8 Å². The number of ether oxygens (including phenoxy) is 2. The summed E-state index contributed by atoms with van der Waals surface area (Å²) < 4.78 is 10.8. The van der Waals surface area contributed by atoms with Gasteiger partial charge in [-0.15, -0.1) is 24.0 Å². The van der Waals surface area contributed by atoms with E-state index in [2.05, 4.69) is 32.3 Å². The number of morpholine rings is 1. The SMILES string of the molecule is CN=C(NCC(C)CN1CCOCC1)N1CCC(NC(=O)OC(C)(C)C)C1.I. The average Bonchev–Trinajstić information content (AvgIpc) is 3.02. The van der Waals surface area contributed by atoms with Crippen molar-refractivity contribution in [2.24, 2.45) is 10.9 Å². The molecule has 0 saturated carbocycles. The number of amides is 1. The van der Waals surface area contributed by atoms with E-state index < -0.39 is 5.60 Å². The first-order valence-corrected chi connectivity index (χ1v) is 10.0. The number of carbonyl (C=O) groups excluding carboxylic acids is 1. The monoisotopic (exact) mass is 511 g/mol. The maximum Gasteiger partial charge on any atom is 0.407 e. The third-order valence-electron chi connectivity index (χ3n) is 4.70. The highest BCUT2D eigenvalue weighted by molar-refractivity contribution is 14.0. The van der Waals surface area contributed by atoms with Gasteiger partial charge in [-0.1, -0.05) is 6.92 Å². The summed E-state index contributed by atoms with van der Waals surface area (Å²) in [5.41, 5.74) is -0.476. The Balaban J connectivity index is 0.00000392. The van der Waals surface area contributed by atoms with Crippen molar-refractivity contribution >= 4 is 36.0 Å².